The molecule has 0 radical (unpaired) electrons. The van der Waals surface area contributed by atoms with Gasteiger partial charge in [0, 0.05) is 31.8 Å². The summed E-state index contributed by atoms with van der Waals surface area (Å²) < 4.78 is 5.29. The lowest BCUT2D eigenvalue weighted by molar-refractivity contribution is 0.0443. The molecule has 108 valence electrons. The van der Waals surface area contributed by atoms with Crippen molar-refractivity contribution >= 4 is 0 Å². The number of rotatable bonds is 7. The zero-order chi connectivity index (χ0) is 13.5. The van der Waals surface area contributed by atoms with Gasteiger partial charge in [0.2, 0.25) is 0 Å². The molecule has 0 bridgehead atoms. The van der Waals surface area contributed by atoms with E-state index in [0.29, 0.717) is 18.1 Å². The second-order valence-electron chi connectivity index (χ2n) is 5.87. The average molecular weight is 256 g/mol. The maximum Gasteiger partial charge on any atom is 0.0589 e. The Morgan fingerprint density at radius 2 is 2.11 bits per heavy atom. The maximum absolute atomic E-state index is 5.29. The predicted octanol–water partition coefficient (Wildman–Crippen LogP) is 2.51. The second-order valence-corrected chi connectivity index (χ2v) is 5.87. The Hall–Kier alpha value is -0.120. The van der Waals surface area contributed by atoms with Crippen LogP contribution >= 0.6 is 0 Å². The van der Waals surface area contributed by atoms with E-state index < -0.39 is 0 Å². The number of hydrogen-bond acceptors (Lipinski definition) is 3. The van der Waals surface area contributed by atoms with Crippen molar-refractivity contribution in [2.24, 2.45) is 5.92 Å². The number of ether oxygens (including phenoxy) is 1. The highest BCUT2D eigenvalue weighted by molar-refractivity contribution is 4.91. The van der Waals surface area contributed by atoms with Crippen molar-refractivity contribution in [3.63, 3.8) is 0 Å². The molecule has 4 unspecified atom stereocenters. The van der Waals surface area contributed by atoms with Crippen LogP contribution in [-0.2, 0) is 4.74 Å². The zero-order valence-electron chi connectivity index (χ0n) is 12.9. The normalized spacial score (nSPS) is 30.7. The molecular formula is C15H32N2O. The fourth-order valence-electron chi connectivity index (χ4n) is 3.20. The van der Waals surface area contributed by atoms with Crippen molar-refractivity contribution in [1.29, 1.82) is 0 Å². The summed E-state index contributed by atoms with van der Waals surface area (Å²) in [6.07, 6.45) is 5.20. The Labute approximate surface area is 113 Å². The van der Waals surface area contributed by atoms with Gasteiger partial charge in [-0.05, 0) is 45.6 Å². The molecule has 0 amide bonds. The Morgan fingerprint density at radius 3 is 2.67 bits per heavy atom. The van der Waals surface area contributed by atoms with Gasteiger partial charge in [-0.1, -0.05) is 13.8 Å². The molecule has 3 nitrogen and oxygen atoms in total. The van der Waals surface area contributed by atoms with E-state index >= 15 is 0 Å². The summed E-state index contributed by atoms with van der Waals surface area (Å²) in [5.74, 6) is 0.855. The number of nitrogens with zero attached hydrogens (tertiary/aromatic N) is 1. The molecule has 1 saturated carbocycles. The van der Waals surface area contributed by atoms with Crippen LogP contribution in [0.1, 0.15) is 46.5 Å². The Kier molecular flexibility index (Phi) is 7.20. The van der Waals surface area contributed by atoms with Crippen LogP contribution in [0.5, 0.6) is 0 Å². The summed E-state index contributed by atoms with van der Waals surface area (Å²) in [4.78, 5) is 2.67. The Bertz CT molecular complexity index is 223. The summed E-state index contributed by atoms with van der Waals surface area (Å²) in [6.45, 7) is 8.92. The van der Waals surface area contributed by atoms with E-state index in [1.165, 1.54) is 25.7 Å². The molecule has 0 heterocycles. The largest absolute Gasteiger partial charge is 0.383 e. The van der Waals surface area contributed by atoms with Crippen molar-refractivity contribution in [3.8, 4) is 0 Å². The topological polar surface area (TPSA) is 24.5 Å². The highest BCUT2D eigenvalue weighted by atomic mass is 16.5. The van der Waals surface area contributed by atoms with Crippen LogP contribution in [0.3, 0.4) is 0 Å². The van der Waals surface area contributed by atoms with Gasteiger partial charge in [-0.2, -0.15) is 0 Å². The monoisotopic (exact) mass is 256 g/mol. The molecule has 0 aliphatic heterocycles. The van der Waals surface area contributed by atoms with E-state index in [2.05, 4.69) is 38.0 Å². The lowest BCUT2D eigenvalue weighted by Crippen LogP contribution is -2.55. The van der Waals surface area contributed by atoms with Gasteiger partial charge in [-0.25, -0.2) is 0 Å². The summed E-state index contributed by atoms with van der Waals surface area (Å²) in [6, 6.07) is 1.96. The summed E-state index contributed by atoms with van der Waals surface area (Å²) in [5, 5.41) is 3.53. The van der Waals surface area contributed by atoms with E-state index in [9.17, 15) is 0 Å². The molecule has 1 aliphatic rings. The first-order valence-corrected chi connectivity index (χ1v) is 7.55. The molecule has 0 saturated heterocycles. The van der Waals surface area contributed by atoms with Gasteiger partial charge >= 0.3 is 0 Å². The van der Waals surface area contributed by atoms with Crippen molar-refractivity contribution in [2.75, 3.05) is 27.3 Å². The number of hydrogen-bond donors (Lipinski definition) is 1. The zero-order valence-corrected chi connectivity index (χ0v) is 12.9. The first-order valence-electron chi connectivity index (χ1n) is 7.55. The SMILES string of the molecule is CCC(C)N(CCOC)C1CC(C)CCC1NC. The molecule has 1 aliphatic carbocycles. The quantitative estimate of drug-likeness (QED) is 0.757. The van der Waals surface area contributed by atoms with Gasteiger partial charge in [-0.15, -0.1) is 0 Å². The molecule has 4 atom stereocenters. The van der Waals surface area contributed by atoms with Crippen LogP contribution in [0.25, 0.3) is 0 Å². The van der Waals surface area contributed by atoms with Crippen molar-refractivity contribution in [2.45, 2.75) is 64.6 Å². The lowest BCUT2D eigenvalue weighted by atomic mass is 9.82. The van der Waals surface area contributed by atoms with Crippen LogP contribution in [0.2, 0.25) is 0 Å². The van der Waals surface area contributed by atoms with E-state index in [4.69, 9.17) is 4.74 Å². The summed E-state index contributed by atoms with van der Waals surface area (Å²) in [5.41, 5.74) is 0. The number of methoxy groups -OCH3 is 1. The minimum atomic E-state index is 0.645. The van der Waals surface area contributed by atoms with Crippen LogP contribution < -0.4 is 5.32 Å². The summed E-state index contributed by atoms with van der Waals surface area (Å²) >= 11 is 0. The lowest BCUT2D eigenvalue weighted by Gasteiger charge is -2.44. The van der Waals surface area contributed by atoms with Gasteiger partial charge in [0.1, 0.15) is 0 Å². The van der Waals surface area contributed by atoms with Gasteiger partial charge in [0.05, 0.1) is 6.61 Å². The number of likely N-dealkylation sites (N-methyl/N-ethyl adjacent to an activating group) is 1. The smallest absolute Gasteiger partial charge is 0.0589 e. The third-order valence-electron chi connectivity index (χ3n) is 4.59. The van der Waals surface area contributed by atoms with Gasteiger partial charge in [-0.3, -0.25) is 4.90 Å². The molecule has 1 fully saturated rings. The highest BCUT2D eigenvalue weighted by Crippen LogP contribution is 2.29. The van der Waals surface area contributed by atoms with E-state index in [0.717, 1.165) is 19.1 Å². The van der Waals surface area contributed by atoms with Crippen LogP contribution in [-0.4, -0.2) is 50.3 Å². The second kappa shape index (κ2) is 8.13. The van der Waals surface area contributed by atoms with Crippen molar-refractivity contribution in [1.82, 2.24) is 10.2 Å². The van der Waals surface area contributed by atoms with E-state index in [-0.39, 0.29) is 0 Å². The van der Waals surface area contributed by atoms with Gasteiger partial charge in [0.15, 0.2) is 0 Å². The molecule has 0 aromatic carbocycles. The number of nitrogens with one attached hydrogen (secondary N) is 1. The molecule has 1 N–H and O–H groups in total. The third-order valence-corrected chi connectivity index (χ3v) is 4.59. The minimum absolute atomic E-state index is 0.645. The van der Waals surface area contributed by atoms with Crippen LogP contribution in [0.15, 0.2) is 0 Å². The minimum Gasteiger partial charge on any atom is -0.383 e. The van der Waals surface area contributed by atoms with Gasteiger partial charge < -0.3 is 10.1 Å². The molecule has 0 aromatic rings. The Morgan fingerprint density at radius 1 is 1.39 bits per heavy atom. The summed E-state index contributed by atoms with van der Waals surface area (Å²) in [7, 11) is 3.91. The fourth-order valence-corrected chi connectivity index (χ4v) is 3.20. The van der Waals surface area contributed by atoms with E-state index in [1.807, 2.05) is 0 Å². The van der Waals surface area contributed by atoms with Crippen LogP contribution in [0, 0.1) is 5.92 Å². The average Bonchev–Trinajstić information content (AvgIpc) is 2.39. The standard InChI is InChI=1S/C15H32N2O/c1-6-13(3)17(9-10-18-5)15-11-12(2)7-8-14(15)16-4/h12-16H,6-11H2,1-5H3. The maximum atomic E-state index is 5.29. The van der Waals surface area contributed by atoms with Crippen molar-refractivity contribution in [3.05, 3.63) is 0 Å². The first-order chi connectivity index (χ1) is 8.63. The highest BCUT2D eigenvalue weighted by Gasteiger charge is 2.33. The molecule has 18 heavy (non-hydrogen) atoms. The van der Waals surface area contributed by atoms with Crippen molar-refractivity contribution < 1.29 is 4.74 Å². The predicted molar refractivity (Wildman–Crippen MR) is 78.0 cm³/mol. The third kappa shape index (κ3) is 4.22. The van der Waals surface area contributed by atoms with E-state index in [1.54, 1.807) is 7.11 Å². The molecule has 3 heteroatoms. The Balaban J connectivity index is 2.72. The van der Waals surface area contributed by atoms with Crippen LogP contribution in [0.4, 0.5) is 0 Å². The van der Waals surface area contributed by atoms with Gasteiger partial charge in [0.25, 0.3) is 0 Å². The molecule has 0 aromatic heterocycles. The fraction of sp³-hybridized carbons (Fsp3) is 1.00. The molecular weight excluding hydrogens is 224 g/mol. The first kappa shape index (κ1) is 15.9. The molecule has 0 spiro atoms. The molecule has 1 rings (SSSR count).